The first-order valence-electron chi connectivity index (χ1n) is 7.66. The second kappa shape index (κ2) is 7.29. The molecule has 1 atom stereocenters. The maximum Gasteiger partial charge on any atom is 0.410 e. The van der Waals surface area contributed by atoms with Gasteiger partial charge >= 0.3 is 6.09 Å². The number of nitrogens with zero attached hydrogens (tertiary/aromatic N) is 2. The number of ether oxygens (including phenoxy) is 1. The van der Waals surface area contributed by atoms with Crippen LogP contribution in [0.3, 0.4) is 0 Å². The summed E-state index contributed by atoms with van der Waals surface area (Å²) in [4.78, 5) is 18.1. The quantitative estimate of drug-likeness (QED) is 0.864. The van der Waals surface area contributed by atoms with Crippen LogP contribution in [0.15, 0.2) is 18.3 Å². The molecule has 1 saturated heterocycles. The minimum Gasteiger partial charge on any atom is -0.444 e. The first kappa shape index (κ1) is 17.0. The summed E-state index contributed by atoms with van der Waals surface area (Å²) in [6.45, 7) is 7.90. The maximum atomic E-state index is 12.2. The smallest absolute Gasteiger partial charge is 0.410 e. The summed E-state index contributed by atoms with van der Waals surface area (Å²) in [7, 11) is 0. The number of pyridine rings is 1. The van der Waals surface area contributed by atoms with Crippen LogP contribution in [0.4, 0.5) is 4.79 Å². The Balaban J connectivity index is 1.81. The van der Waals surface area contributed by atoms with E-state index < -0.39 is 5.60 Å². The molecule has 0 aliphatic carbocycles. The Hall–Kier alpha value is -1.33. The Morgan fingerprint density at radius 2 is 2.27 bits per heavy atom. The molecule has 2 rings (SSSR count). The molecule has 0 aromatic carbocycles. The zero-order chi connectivity index (χ0) is 16.2. The van der Waals surface area contributed by atoms with Crippen LogP contribution in [0.25, 0.3) is 0 Å². The summed E-state index contributed by atoms with van der Waals surface area (Å²) in [5.41, 5.74) is 0.623. The van der Waals surface area contributed by atoms with Gasteiger partial charge in [0.25, 0.3) is 0 Å². The molecular formula is C16H24ClN3O2. The van der Waals surface area contributed by atoms with E-state index in [1.54, 1.807) is 12.3 Å². The highest BCUT2D eigenvalue weighted by atomic mass is 35.5. The molecule has 22 heavy (non-hydrogen) atoms. The Morgan fingerprint density at radius 3 is 2.91 bits per heavy atom. The lowest BCUT2D eigenvalue weighted by atomic mass is 10.2. The fourth-order valence-electron chi connectivity index (χ4n) is 2.50. The van der Waals surface area contributed by atoms with Gasteiger partial charge in [-0.1, -0.05) is 17.7 Å². The minimum atomic E-state index is -0.452. The van der Waals surface area contributed by atoms with Crippen molar-refractivity contribution in [1.29, 1.82) is 0 Å². The molecule has 0 radical (unpaired) electrons. The summed E-state index contributed by atoms with van der Waals surface area (Å²) < 4.78 is 5.46. The van der Waals surface area contributed by atoms with E-state index >= 15 is 0 Å². The zero-order valence-electron chi connectivity index (χ0n) is 13.4. The number of amides is 1. The fourth-order valence-corrected chi connectivity index (χ4v) is 2.61. The van der Waals surface area contributed by atoms with E-state index in [0.29, 0.717) is 11.7 Å². The highest BCUT2D eigenvalue weighted by Crippen LogP contribution is 2.20. The summed E-state index contributed by atoms with van der Waals surface area (Å²) in [5.74, 6) is 0. The molecule has 5 nitrogen and oxygen atoms in total. The molecule has 1 aromatic rings. The average Bonchev–Trinajstić information content (AvgIpc) is 2.88. The molecule has 0 bridgehead atoms. The molecule has 0 saturated carbocycles. The van der Waals surface area contributed by atoms with Crippen molar-refractivity contribution in [2.45, 2.75) is 51.8 Å². The molecule has 122 valence electrons. The first-order chi connectivity index (χ1) is 10.3. The number of aromatic nitrogens is 1. The van der Waals surface area contributed by atoms with Crippen LogP contribution < -0.4 is 5.32 Å². The third-order valence-electron chi connectivity index (χ3n) is 3.50. The van der Waals surface area contributed by atoms with Gasteiger partial charge in [0.05, 0.1) is 0 Å². The molecule has 1 unspecified atom stereocenters. The average molecular weight is 326 g/mol. The van der Waals surface area contributed by atoms with Gasteiger partial charge in [-0.15, -0.1) is 0 Å². The Labute approximate surface area is 137 Å². The maximum absolute atomic E-state index is 12.2. The highest BCUT2D eigenvalue weighted by Gasteiger charge is 2.31. The van der Waals surface area contributed by atoms with Gasteiger partial charge in [0, 0.05) is 31.9 Å². The zero-order valence-corrected chi connectivity index (χ0v) is 14.2. The molecule has 1 aliphatic heterocycles. The second-order valence-corrected chi connectivity index (χ2v) is 6.98. The molecule has 1 fully saturated rings. The lowest BCUT2D eigenvalue weighted by Gasteiger charge is -2.28. The highest BCUT2D eigenvalue weighted by molar-refractivity contribution is 6.29. The number of rotatable bonds is 4. The van der Waals surface area contributed by atoms with Crippen LogP contribution in [0.2, 0.25) is 5.15 Å². The van der Waals surface area contributed by atoms with E-state index in [4.69, 9.17) is 16.3 Å². The van der Waals surface area contributed by atoms with E-state index in [1.807, 2.05) is 31.7 Å². The van der Waals surface area contributed by atoms with Gasteiger partial charge < -0.3 is 15.0 Å². The molecule has 6 heteroatoms. The third-order valence-corrected chi connectivity index (χ3v) is 3.73. The Morgan fingerprint density at radius 1 is 1.50 bits per heavy atom. The SMILES string of the molecule is CC(C)(C)OC(=O)N1CCCC1CNCc1ccc(Cl)nc1. The van der Waals surface area contributed by atoms with Crippen LogP contribution in [0.5, 0.6) is 0 Å². The van der Waals surface area contributed by atoms with E-state index in [9.17, 15) is 4.79 Å². The van der Waals surface area contributed by atoms with Gasteiger partial charge in [0.2, 0.25) is 0 Å². The summed E-state index contributed by atoms with van der Waals surface area (Å²) in [6, 6.07) is 3.92. The first-order valence-corrected chi connectivity index (χ1v) is 8.04. The molecule has 2 heterocycles. The molecule has 1 aromatic heterocycles. The minimum absolute atomic E-state index is 0.190. The number of hydrogen-bond acceptors (Lipinski definition) is 4. The van der Waals surface area contributed by atoms with Crippen molar-refractivity contribution in [2.75, 3.05) is 13.1 Å². The van der Waals surface area contributed by atoms with Crippen LogP contribution in [0.1, 0.15) is 39.2 Å². The number of carbonyl (C=O) groups is 1. The van der Waals surface area contributed by atoms with Crippen molar-refractivity contribution in [3.63, 3.8) is 0 Å². The van der Waals surface area contributed by atoms with Crippen molar-refractivity contribution in [3.05, 3.63) is 29.0 Å². The predicted molar refractivity (Wildman–Crippen MR) is 86.9 cm³/mol. The van der Waals surface area contributed by atoms with Crippen molar-refractivity contribution in [3.8, 4) is 0 Å². The van der Waals surface area contributed by atoms with Gasteiger partial charge in [-0.05, 0) is 45.2 Å². The monoisotopic (exact) mass is 325 g/mol. The van der Waals surface area contributed by atoms with Gasteiger partial charge in [0.1, 0.15) is 10.8 Å². The van der Waals surface area contributed by atoms with E-state index in [0.717, 1.165) is 31.5 Å². The second-order valence-electron chi connectivity index (χ2n) is 6.59. The van der Waals surface area contributed by atoms with Crippen molar-refractivity contribution >= 4 is 17.7 Å². The third kappa shape index (κ3) is 5.14. The summed E-state index contributed by atoms with van der Waals surface area (Å²) in [5, 5.41) is 3.87. The Bertz CT molecular complexity index is 499. The number of carbonyl (C=O) groups excluding carboxylic acids is 1. The molecule has 1 aliphatic rings. The largest absolute Gasteiger partial charge is 0.444 e. The normalized spacial score (nSPS) is 18.5. The lowest BCUT2D eigenvalue weighted by Crippen LogP contribution is -2.44. The van der Waals surface area contributed by atoms with E-state index in [1.165, 1.54) is 0 Å². The van der Waals surface area contributed by atoms with Crippen LogP contribution in [-0.2, 0) is 11.3 Å². The van der Waals surface area contributed by atoms with Gasteiger partial charge in [-0.25, -0.2) is 9.78 Å². The lowest BCUT2D eigenvalue weighted by molar-refractivity contribution is 0.0226. The topological polar surface area (TPSA) is 54.5 Å². The van der Waals surface area contributed by atoms with Crippen LogP contribution in [0, 0.1) is 0 Å². The van der Waals surface area contributed by atoms with E-state index in [2.05, 4.69) is 10.3 Å². The molecule has 1 amide bonds. The Kier molecular flexibility index (Phi) is 5.64. The molecular weight excluding hydrogens is 302 g/mol. The fraction of sp³-hybridized carbons (Fsp3) is 0.625. The van der Waals surface area contributed by atoms with Gasteiger partial charge in [-0.3, -0.25) is 0 Å². The summed E-state index contributed by atoms with van der Waals surface area (Å²) >= 11 is 5.77. The number of hydrogen-bond donors (Lipinski definition) is 1. The van der Waals surface area contributed by atoms with Gasteiger partial charge in [0.15, 0.2) is 0 Å². The van der Waals surface area contributed by atoms with Crippen molar-refractivity contribution < 1.29 is 9.53 Å². The standard InChI is InChI=1S/C16H24ClN3O2/c1-16(2,3)22-15(21)20-8-4-5-13(20)11-18-9-12-6-7-14(17)19-10-12/h6-7,10,13,18H,4-5,8-9,11H2,1-3H3. The van der Waals surface area contributed by atoms with Crippen molar-refractivity contribution in [1.82, 2.24) is 15.2 Å². The number of likely N-dealkylation sites (tertiary alicyclic amines) is 1. The van der Waals surface area contributed by atoms with Crippen LogP contribution >= 0.6 is 11.6 Å². The molecule has 0 spiro atoms. The van der Waals surface area contributed by atoms with Crippen LogP contribution in [-0.4, -0.2) is 40.7 Å². The number of halogens is 1. The van der Waals surface area contributed by atoms with E-state index in [-0.39, 0.29) is 12.1 Å². The number of nitrogens with one attached hydrogen (secondary N) is 1. The summed E-state index contributed by atoms with van der Waals surface area (Å²) in [6.07, 6.45) is 3.57. The molecule has 1 N–H and O–H groups in total. The van der Waals surface area contributed by atoms with Gasteiger partial charge in [-0.2, -0.15) is 0 Å². The predicted octanol–water partition coefficient (Wildman–Crippen LogP) is 3.22. The van der Waals surface area contributed by atoms with Crippen molar-refractivity contribution in [2.24, 2.45) is 0 Å².